The molecule has 4 heterocycles. The highest BCUT2D eigenvalue weighted by Gasteiger charge is 2.37. The average Bonchev–Trinajstić information content (AvgIpc) is 3.33. The van der Waals surface area contributed by atoms with Crippen LogP contribution in [0.3, 0.4) is 0 Å². The van der Waals surface area contributed by atoms with Crippen molar-refractivity contribution in [2.24, 2.45) is 0 Å². The number of fused-ring (bicyclic) bond motifs is 2. The fourth-order valence-electron chi connectivity index (χ4n) is 4.02. The molecular weight excluding hydrogens is 390 g/mol. The molecule has 8 heteroatoms. The molecule has 1 N–H and O–H groups in total. The second-order valence-electron chi connectivity index (χ2n) is 7.82. The molecule has 3 aliphatic rings. The molecule has 1 aliphatic carbocycles. The van der Waals surface area contributed by atoms with Crippen LogP contribution in [0.1, 0.15) is 18.5 Å². The molecule has 1 unspecified atom stereocenters. The van der Waals surface area contributed by atoms with Crippen molar-refractivity contribution in [3.05, 3.63) is 66.0 Å². The van der Waals surface area contributed by atoms with E-state index in [0.29, 0.717) is 49.0 Å². The monoisotopic (exact) mass is 412 g/mol. The number of halogens is 2. The number of alkyl halides is 2. The van der Waals surface area contributed by atoms with E-state index in [1.165, 1.54) is 0 Å². The minimum absolute atomic E-state index is 0.0864. The maximum atomic E-state index is 13.3. The van der Waals surface area contributed by atoms with E-state index in [2.05, 4.69) is 4.98 Å². The van der Waals surface area contributed by atoms with Crippen molar-refractivity contribution in [3.63, 3.8) is 0 Å². The minimum atomic E-state index is -2.58. The number of nitrogens with one attached hydrogen (secondary N) is 1. The Morgan fingerprint density at radius 2 is 2.23 bits per heavy atom. The molecule has 2 aromatic heterocycles. The van der Waals surface area contributed by atoms with E-state index in [-0.39, 0.29) is 19.1 Å². The van der Waals surface area contributed by atoms with Crippen LogP contribution >= 0.6 is 0 Å². The van der Waals surface area contributed by atoms with Crippen molar-refractivity contribution in [2.45, 2.75) is 24.9 Å². The Bertz CT molecular complexity index is 1090. The molecule has 0 amide bonds. The highest BCUT2D eigenvalue weighted by atomic mass is 19.3. The number of hydrogen-bond donors (Lipinski definition) is 1. The van der Waals surface area contributed by atoms with Gasteiger partial charge in [0.25, 0.3) is 5.92 Å². The lowest BCUT2D eigenvalue weighted by Gasteiger charge is -2.29. The summed E-state index contributed by atoms with van der Waals surface area (Å²) in [5.41, 5.74) is 2.82. The molecule has 0 aromatic carbocycles. The smallest absolute Gasteiger partial charge is 0.261 e. The van der Waals surface area contributed by atoms with E-state index in [9.17, 15) is 8.78 Å². The van der Waals surface area contributed by atoms with E-state index in [0.717, 1.165) is 11.1 Å². The maximum Gasteiger partial charge on any atom is 0.261 e. The summed E-state index contributed by atoms with van der Waals surface area (Å²) in [5.74, 6) is -1.34. The highest BCUT2D eigenvalue weighted by Crippen LogP contribution is 2.32. The zero-order chi connectivity index (χ0) is 20.7. The molecule has 2 aromatic rings. The third-order valence-corrected chi connectivity index (χ3v) is 5.63. The SMILES string of the molecule is N=C1C=C(c2cc3cccn3cn2)OC2CC=C(OCCN3CCC(F)(F)C3)C=C12. The Kier molecular flexibility index (Phi) is 4.66. The van der Waals surface area contributed by atoms with Crippen LogP contribution in [0, 0.1) is 5.41 Å². The van der Waals surface area contributed by atoms with Crippen LogP contribution in [0.2, 0.25) is 0 Å². The molecule has 0 radical (unpaired) electrons. The summed E-state index contributed by atoms with van der Waals surface area (Å²) < 4.78 is 40.3. The molecule has 6 nitrogen and oxygen atoms in total. The van der Waals surface area contributed by atoms with Crippen LogP contribution < -0.4 is 0 Å². The van der Waals surface area contributed by atoms with Gasteiger partial charge in [0.15, 0.2) is 0 Å². The summed E-state index contributed by atoms with van der Waals surface area (Å²) in [6, 6.07) is 5.87. The summed E-state index contributed by atoms with van der Waals surface area (Å²) >= 11 is 0. The van der Waals surface area contributed by atoms with Crippen LogP contribution in [-0.4, -0.2) is 58.3 Å². The summed E-state index contributed by atoms with van der Waals surface area (Å²) in [4.78, 5) is 6.15. The van der Waals surface area contributed by atoms with Gasteiger partial charge in [-0.1, -0.05) is 0 Å². The Morgan fingerprint density at radius 1 is 1.33 bits per heavy atom. The van der Waals surface area contributed by atoms with Gasteiger partial charge in [-0.15, -0.1) is 0 Å². The number of allylic oxidation sites excluding steroid dienone is 2. The molecule has 156 valence electrons. The molecule has 30 heavy (non-hydrogen) atoms. The van der Waals surface area contributed by atoms with Crippen molar-refractivity contribution >= 4 is 17.0 Å². The predicted molar refractivity (Wildman–Crippen MR) is 109 cm³/mol. The minimum Gasteiger partial charge on any atom is -0.493 e. The van der Waals surface area contributed by atoms with Crippen molar-refractivity contribution in [1.29, 1.82) is 5.41 Å². The van der Waals surface area contributed by atoms with Crippen LogP contribution in [-0.2, 0) is 9.47 Å². The molecule has 0 saturated carbocycles. The van der Waals surface area contributed by atoms with Gasteiger partial charge in [-0.25, -0.2) is 13.8 Å². The Morgan fingerprint density at radius 3 is 3.07 bits per heavy atom. The number of likely N-dealkylation sites (tertiary alicyclic amines) is 1. The number of ether oxygens (including phenoxy) is 2. The van der Waals surface area contributed by atoms with Crippen molar-refractivity contribution in [3.8, 4) is 0 Å². The largest absolute Gasteiger partial charge is 0.493 e. The van der Waals surface area contributed by atoms with Gasteiger partial charge in [-0.3, -0.25) is 4.90 Å². The summed E-state index contributed by atoms with van der Waals surface area (Å²) in [7, 11) is 0. The molecule has 1 atom stereocenters. The van der Waals surface area contributed by atoms with Gasteiger partial charge in [0.05, 0.1) is 18.6 Å². The quantitative estimate of drug-likeness (QED) is 0.814. The molecule has 2 aliphatic heterocycles. The van der Waals surface area contributed by atoms with Gasteiger partial charge >= 0.3 is 0 Å². The molecule has 0 spiro atoms. The molecular formula is C22H22F2N4O2. The van der Waals surface area contributed by atoms with Crippen molar-refractivity contribution in [1.82, 2.24) is 14.3 Å². The van der Waals surface area contributed by atoms with Crippen molar-refractivity contribution < 1.29 is 18.3 Å². The zero-order valence-electron chi connectivity index (χ0n) is 16.4. The summed E-state index contributed by atoms with van der Waals surface area (Å²) in [6.45, 7) is 1.000. The first-order valence-corrected chi connectivity index (χ1v) is 10.0. The van der Waals surface area contributed by atoms with Gasteiger partial charge < -0.3 is 19.3 Å². The van der Waals surface area contributed by atoms with E-state index in [1.54, 1.807) is 17.3 Å². The average molecular weight is 412 g/mol. The summed E-state index contributed by atoms with van der Waals surface area (Å²) in [6.07, 6.45) is 9.30. The number of nitrogens with zero attached hydrogens (tertiary/aromatic N) is 3. The Hall–Kier alpha value is -3.00. The highest BCUT2D eigenvalue weighted by molar-refractivity contribution is 6.11. The Balaban J connectivity index is 1.24. The second-order valence-corrected chi connectivity index (χ2v) is 7.82. The van der Waals surface area contributed by atoms with Gasteiger partial charge in [-0.2, -0.15) is 0 Å². The maximum absolute atomic E-state index is 13.3. The lowest BCUT2D eigenvalue weighted by Crippen LogP contribution is -2.29. The third-order valence-electron chi connectivity index (χ3n) is 5.63. The second kappa shape index (κ2) is 7.36. The topological polar surface area (TPSA) is 62.9 Å². The molecule has 1 fully saturated rings. The van der Waals surface area contributed by atoms with Gasteiger partial charge in [0.1, 0.15) is 29.9 Å². The van der Waals surface area contributed by atoms with Crippen LogP contribution in [0.5, 0.6) is 0 Å². The number of rotatable bonds is 5. The van der Waals surface area contributed by atoms with E-state index >= 15 is 0 Å². The first kappa shape index (κ1) is 19.0. The standard InChI is InChI=1S/C22H22F2N4O2/c23-22(24)5-7-27(13-22)8-9-29-16-3-4-20-17(11-16)18(25)12-21(30-20)19-10-15-2-1-6-28(15)14-26-19/h1-3,6,10-12,14,20,25H,4-5,7-9,13H2. The fourth-order valence-corrected chi connectivity index (χ4v) is 4.02. The first-order chi connectivity index (χ1) is 14.5. The number of aromatic nitrogens is 2. The van der Waals surface area contributed by atoms with Crippen molar-refractivity contribution in [2.75, 3.05) is 26.2 Å². The molecule has 1 saturated heterocycles. The first-order valence-electron chi connectivity index (χ1n) is 10.0. The van der Waals surface area contributed by atoms with E-state index in [4.69, 9.17) is 14.9 Å². The van der Waals surface area contributed by atoms with E-state index < -0.39 is 5.92 Å². The Labute approximate surface area is 172 Å². The van der Waals surface area contributed by atoms with Gasteiger partial charge in [0.2, 0.25) is 0 Å². The fraction of sp³-hybridized carbons (Fsp3) is 0.364. The lowest BCUT2D eigenvalue weighted by atomic mass is 9.93. The van der Waals surface area contributed by atoms with Gasteiger partial charge in [-0.05, 0) is 30.4 Å². The molecule has 5 rings (SSSR count). The van der Waals surface area contributed by atoms with E-state index in [1.807, 2.05) is 40.9 Å². The van der Waals surface area contributed by atoms with Crippen LogP contribution in [0.15, 0.2) is 60.3 Å². The van der Waals surface area contributed by atoms with Crippen LogP contribution in [0.4, 0.5) is 8.78 Å². The normalized spacial score (nSPS) is 23.5. The summed E-state index contributed by atoms with van der Waals surface area (Å²) in [5, 5.41) is 8.44. The molecule has 0 bridgehead atoms. The zero-order valence-corrected chi connectivity index (χ0v) is 16.4. The van der Waals surface area contributed by atoms with Gasteiger partial charge in [0, 0.05) is 49.3 Å². The number of hydrogen-bond acceptors (Lipinski definition) is 5. The predicted octanol–water partition coefficient (Wildman–Crippen LogP) is 3.67. The third kappa shape index (κ3) is 3.75. The van der Waals surface area contributed by atoms with Crippen LogP contribution in [0.25, 0.3) is 11.3 Å². The lowest BCUT2D eigenvalue weighted by molar-refractivity contribution is 0.0105.